The van der Waals surface area contributed by atoms with Crippen LogP contribution in [0.3, 0.4) is 0 Å². The number of fused-ring (bicyclic) bond motifs is 2. The average Bonchev–Trinajstić information content (AvgIpc) is 3.47. The van der Waals surface area contributed by atoms with Crippen molar-refractivity contribution in [1.82, 2.24) is 30.1 Å². The minimum atomic E-state index is -0.323. The Hall–Kier alpha value is -2.22. The first kappa shape index (κ1) is 20.1. The summed E-state index contributed by atoms with van der Waals surface area (Å²) in [4.78, 5) is 20.3. The Morgan fingerprint density at radius 3 is 2.97 bits per heavy atom. The monoisotopic (exact) mass is 400 g/mol. The summed E-state index contributed by atoms with van der Waals surface area (Å²) in [6.45, 7) is 8.24. The molecule has 8 nitrogen and oxygen atoms in total. The Morgan fingerprint density at radius 2 is 2.28 bits per heavy atom. The fourth-order valence-corrected chi connectivity index (χ4v) is 5.18. The molecule has 2 aromatic rings. The van der Waals surface area contributed by atoms with E-state index in [1.54, 1.807) is 6.20 Å². The number of hydrogen-bond acceptors (Lipinski definition) is 6. The maximum Gasteiger partial charge on any atom is 0.227 e. The first-order valence-electron chi connectivity index (χ1n) is 10.8. The predicted octanol–water partition coefficient (Wildman–Crippen LogP) is 2.55. The first-order chi connectivity index (χ1) is 14.0. The van der Waals surface area contributed by atoms with Gasteiger partial charge in [0, 0.05) is 37.9 Å². The van der Waals surface area contributed by atoms with Gasteiger partial charge in [-0.1, -0.05) is 19.0 Å². The molecule has 1 N–H and O–H groups in total. The Bertz CT molecular complexity index is 817. The van der Waals surface area contributed by atoms with Crippen molar-refractivity contribution < 1.29 is 9.32 Å². The van der Waals surface area contributed by atoms with Gasteiger partial charge < -0.3 is 9.84 Å². The van der Waals surface area contributed by atoms with E-state index in [-0.39, 0.29) is 17.4 Å². The lowest BCUT2D eigenvalue weighted by atomic mass is 9.69. The highest BCUT2D eigenvalue weighted by atomic mass is 16.5. The summed E-state index contributed by atoms with van der Waals surface area (Å²) in [6, 6.07) is 2.57. The number of amides is 1. The van der Waals surface area contributed by atoms with Crippen LogP contribution in [0.15, 0.2) is 23.0 Å². The lowest BCUT2D eigenvalue weighted by molar-refractivity contribution is -0.133. The van der Waals surface area contributed by atoms with Gasteiger partial charge in [0.15, 0.2) is 5.82 Å². The number of aromatic nitrogens is 4. The fraction of sp³-hybridized carbons (Fsp3) is 0.714. The molecule has 4 heterocycles. The van der Waals surface area contributed by atoms with E-state index in [4.69, 9.17) is 4.52 Å². The molecule has 1 amide bonds. The molecule has 8 heteroatoms. The quantitative estimate of drug-likeness (QED) is 0.696. The zero-order chi connectivity index (χ0) is 20.4. The molecule has 158 valence electrons. The zero-order valence-corrected chi connectivity index (χ0v) is 17.7. The Morgan fingerprint density at radius 1 is 1.41 bits per heavy atom. The second kappa shape index (κ2) is 8.26. The third-order valence-electron chi connectivity index (χ3n) is 6.58. The molecule has 29 heavy (non-hydrogen) atoms. The van der Waals surface area contributed by atoms with Crippen molar-refractivity contribution in [3.63, 3.8) is 0 Å². The molecule has 2 saturated heterocycles. The third kappa shape index (κ3) is 4.08. The Kier molecular flexibility index (Phi) is 5.72. The highest BCUT2D eigenvalue weighted by molar-refractivity contribution is 5.84. The second-order valence-corrected chi connectivity index (χ2v) is 8.97. The summed E-state index contributed by atoms with van der Waals surface area (Å²) < 4.78 is 7.01. The molecule has 3 atom stereocenters. The molecular formula is C21H32N6O2. The minimum Gasteiger partial charge on any atom is -0.354 e. The van der Waals surface area contributed by atoms with E-state index >= 15 is 0 Å². The van der Waals surface area contributed by atoms with E-state index in [1.807, 2.05) is 23.9 Å². The van der Waals surface area contributed by atoms with Crippen molar-refractivity contribution in [3.8, 4) is 0 Å². The second-order valence-electron chi connectivity index (χ2n) is 8.97. The van der Waals surface area contributed by atoms with Gasteiger partial charge in [0.1, 0.15) is 0 Å². The van der Waals surface area contributed by atoms with Gasteiger partial charge in [-0.15, -0.1) is 0 Å². The van der Waals surface area contributed by atoms with Crippen LogP contribution in [0.5, 0.6) is 0 Å². The number of aryl methyl sites for hydroxylation is 1. The van der Waals surface area contributed by atoms with Crippen molar-refractivity contribution in [2.45, 2.75) is 78.0 Å². The summed E-state index contributed by atoms with van der Waals surface area (Å²) in [5.41, 5.74) is -0.323. The smallest absolute Gasteiger partial charge is 0.227 e. The van der Waals surface area contributed by atoms with Crippen LogP contribution in [-0.2, 0) is 17.9 Å². The maximum absolute atomic E-state index is 13.5. The van der Waals surface area contributed by atoms with Gasteiger partial charge in [-0.25, -0.2) is 0 Å². The number of carbonyl (C=O) groups is 1. The minimum absolute atomic E-state index is 0.201. The van der Waals surface area contributed by atoms with Crippen molar-refractivity contribution in [2.75, 3.05) is 6.54 Å². The van der Waals surface area contributed by atoms with Crippen LogP contribution in [0.2, 0.25) is 0 Å². The molecule has 0 unspecified atom stereocenters. The number of hydrogen-bond donors (Lipinski definition) is 1. The van der Waals surface area contributed by atoms with Crippen LogP contribution in [-0.4, -0.2) is 49.4 Å². The molecule has 2 fully saturated rings. The van der Waals surface area contributed by atoms with Crippen LogP contribution < -0.4 is 5.32 Å². The normalized spacial score (nSPS) is 26.5. The molecule has 0 spiro atoms. The third-order valence-corrected chi connectivity index (χ3v) is 6.58. The molecular weight excluding hydrogens is 368 g/mol. The number of nitrogens with zero attached hydrogens (tertiary/aromatic N) is 5. The molecule has 2 aliphatic heterocycles. The van der Waals surface area contributed by atoms with E-state index in [0.29, 0.717) is 37.5 Å². The van der Waals surface area contributed by atoms with Crippen molar-refractivity contribution >= 4 is 5.91 Å². The molecule has 2 aliphatic rings. The van der Waals surface area contributed by atoms with E-state index in [0.717, 1.165) is 37.9 Å². The van der Waals surface area contributed by atoms with E-state index < -0.39 is 0 Å². The molecule has 0 aliphatic carbocycles. The van der Waals surface area contributed by atoms with Gasteiger partial charge >= 0.3 is 0 Å². The molecule has 0 aromatic carbocycles. The SMILES string of the molecule is Cc1nc(CN2[C@@H]3CC[C@H]2[C@@](CCC(C)C)(C(=O)NCCn2cccn2)C3)no1. The van der Waals surface area contributed by atoms with Crippen LogP contribution in [0, 0.1) is 18.3 Å². The van der Waals surface area contributed by atoms with Gasteiger partial charge in [0.25, 0.3) is 0 Å². The fourth-order valence-electron chi connectivity index (χ4n) is 5.18. The van der Waals surface area contributed by atoms with Gasteiger partial charge in [-0.05, 0) is 44.1 Å². The van der Waals surface area contributed by atoms with E-state index in [1.165, 1.54) is 0 Å². The summed E-state index contributed by atoms with van der Waals surface area (Å²) in [5, 5.41) is 11.5. The molecule has 0 saturated carbocycles. The van der Waals surface area contributed by atoms with Gasteiger partial charge in [0.05, 0.1) is 18.5 Å². The lowest BCUT2D eigenvalue weighted by Crippen LogP contribution is -2.49. The van der Waals surface area contributed by atoms with Crippen LogP contribution in [0.1, 0.15) is 57.7 Å². The van der Waals surface area contributed by atoms with Gasteiger partial charge in [-0.3, -0.25) is 14.4 Å². The number of carbonyl (C=O) groups excluding carboxylic acids is 1. The lowest BCUT2D eigenvalue weighted by Gasteiger charge is -2.37. The Labute approximate surface area is 172 Å². The number of rotatable bonds is 9. The highest BCUT2D eigenvalue weighted by Gasteiger charge is 2.59. The summed E-state index contributed by atoms with van der Waals surface area (Å²) in [7, 11) is 0. The van der Waals surface area contributed by atoms with Crippen LogP contribution >= 0.6 is 0 Å². The molecule has 4 rings (SSSR count). The van der Waals surface area contributed by atoms with E-state index in [9.17, 15) is 4.79 Å². The zero-order valence-electron chi connectivity index (χ0n) is 17.7. The standard InChI is InChI=1S/C21H32N6O2/c1-15(2)7-8-21(20(28)22-10-12-26-11-4-9-23-26)13-17-5-6-18(21)27(17)14-19-24-16(3)29-25-19/h4,9,11,15,17-18H,5-8,10,12-14H2,1-3H3,(H,22,28)/t17-,18+,21+/m1/s1. The van der Waals surface area contributed by atoms with Crippen LogP contribution in [0.25, 0.3) is 0 Å². The maximum atomic E-state index is 13.5. The molecule has 2 aromatic heterocycles. The Balaban J connectivity index is 1.47. The van der Waals surface area contributed by atoms with Crippen LogP contribution in [0.4, 0.5) is 0 Å². The summed E-state index contributed by atoms with van der Waals surface area (Å²) in [5.74, 6) is 2.09. The highest BCUT2D eigenvalue weighted by Crippen LogP contribution is 2.53. The predicted molar refractivity (Wildman–Crippen MR) is 108 cm³/mol. The summed E-state index contributed by atoms with van der Waals surface area (Å²) >= 11 is 0. The molecule has 0 radical (unpaired) electrons. The average molecular weight is 401 g/mol. The van der Waals surface area contributed by atoms with Crippen molar-refractivity contribution in [3.05, 3.63) is 30.2 Å². The first-order valence-corrected chi connectivity index (χ1v) is 10.8. The van der Waals surface area contributed by atoms with Gasteiger partial charge in [-0.2, -0.15) is 10.1 Å². The van der Waals surface area contributed by atoms with E-state index in [2.05, 4.69) is 39.3 Å². The number of nitrogens with one attached hydrogen (secondary N) is 1. The molecule has 2 bridgehead atoms. The summed E-state index contributed by atoms with van der Waals surface area (Å²) in [6.07, 6.45) is 8.81. The topological polar surface area (TPSA) is 89.1 Å². The largest absolute Gasteiger partial charge is 0.354 e. The van der Waals surface area contributed by atoms with Crippen molar-refractivity contribution in [2.24, 2.45) is 11.3 Å². The van der Waals surface area contributed by atoms with Gasteiger partial charge in [0.2, 0.25) is 11.8 Å². The van der Waals surface area contributed by atoms with Crippen molar-refractivity contribution in [1.29, 1.82) is 0 Å².